The first-order chi connectivity index (χ1) is 16.6. The second-order valence-electron chi connectivity index (χ2n) is 8.70. The van der Waals surface area contributed by atoms with Gasteiger partial charge in [-0.05, 0) is 68.0 Å². The fraction of sp³-hybridized carbons (Fsp3) is 0.222. The molecule has 3 heterocycles. The Labute approximate surface area is 197 Å². The lowest BCUT2D eigenvalue weighted by atomic mass is 10.1. The van der Waals surface area contributed by atoms with Crippen molar-refractivity contribution in [2.45, 2.75) is 25.3 Å². The number of hydrogen-bond donors (Lipinski definition) is 1. The highest BCUT2D eigenvalue weighted by atomic mass is 16.5. The number of fused-ring (bicyclic) bond motifs is 2. The van der Waals surface area contributed by atoms with Crippen molar-refractivity contribution in [3.63, 3.8) is 0 Å². The number of nitrogens with zero attached hydrogens (tertiary/aromatic N) is 4. The van der Waals surface area contributed by atoms with Crippen LogP contribution in [0.3, 0.4) is 0 Å². The molecule has 0 spiro atoms. The van der Waals surface area contributed by atoms with Gasteiger partial charge in [-0.2, -0.15) is 0 Å². The molecule has 1 aliphatic carbocycles. The van der Waals surface area contributed by atoms with E-state index in [0.717, 1.165) is 46.9 Å². The largest absolute Gasteiger partial charge is 0.457 e. The van der Waals surface area contributed by atoms with Crippen LogP contribution in [0.1, 0.15) is 25.6 Å². The van der Waals surface area contributed by atoms with Gasteiger partial charge >= 0.3 is 0 Å². The molecule has 1 saturated carbocycles. The van der Waals surface area contributed by atoms with Crippen LogP contribution in [0.15, 0.2) is 67.0 Å². The number of para-hydroxylation sites is 1. The Hall–Kier alpha value is -4.31. The highest BCUT2D eigenvalue weighted by Gasteiger charge is 2.66. The Bertz CT molecular complexity index is 1470. The number of ether oxygens (including phenoxy) is 1. The van der Waals surface area contributed by atoms with E-state index in [1.54, 1.807) is 13.1 Å². The predicted octanol–water partition coefficient (Wildman–Crippen LogP) is 4.24. The summed E-state index contributed by atoms with van der Waals surface area (Å²) in [6.07, 6.45) is 5.39. The van der Waals surface area contributed by atoms with Crippen LogP contribution >= 0.6 is 0 Å². The van der Waals surface area contributed by atoms with Crippen LogP contribution in [-0.2, 0) is 10.3 Å². The standard InChI is InChI=1S/C27H23N5O2/c1-2-6-22(33)32-15-13-19-17-27(19,32)26-30-23(24-25(28)29-14-16-31(24)26)18-9-11-21(12-10-18)34-20-7-4-3-5-8-20/h3-5,7-12,14,16,19H,13,15,17H2,1H3,(H2,28,29). The average molecular weight is 450 g/mol. The number of likely N-dealkylation sites (tertiary alicyclic amines) is 1. The average Bonchev–Trinajstić information content (AvgIpc) is 3.24. The summed E-state index contributed by atoms with van der Waals surface area (Å²) in [6, 6.07) is 17.4. The van der Waals surface area contributed by atoms with Gasteiger partial charge < -0.3 is 15.4 Å². The molecule has 2 atom stereocenters. The summed E-state index contributed by atoms with van der Waals surface area (Å²) < 4.78 is 7.93. The van der Waals surface area contributed by atoms with Gasteiger partial charge in [0.05, 0.1) is 0 Å². The first-order valence-electron chi connectivity index (χ1n) is 11.3. The number of aromatic nitrogens is 3. The highest BCUT2D eigenvalue weighted by molar-refractivity contribution is 5.95. The SMILES string of the molecule is CC#CC(=O)N1CCC2CC21c1nc(-c2ccc(Oc3ccccc3)cc2)c2c(N)nccn12. The lowest BCUT2D eigenvalue weighted by Crippen LogP contribution is -2.38. The summed E-state index contributed by atoms with van der Waals surface area (Å²) in [7, 11) is 0. The number of rotatable bonds is 4. The van der Waals surface area contributed by atoms with E-state index in [1.807, 2.05) is 70.1 Å². The predicted molar refractivity (Wildman–Crippen MR) is 129 cm³/mol. The third-order valence-electron chi connectivity index (χ3n) is 6.81. The Morgan fingerprint density at radius 2 is 1.91 bits per heavy atom. The zero-order valence-corrected chi connectivity index (χ0v) is 18.7. The van der Waals surface area contributed by atoms with Crippen LogP contribution in [0.4, 0.5) is 5.82 Å². The lowest BCUT2D eigenvalue weighted by Gasteiger charge is -2.25. The maximum absolute atomic E-state index is 12.8. The highest BCUT2D eigenvalue weighted by Crippen LogP contribution is 2.62. The minimum Gasteiger partial charge on any atom is -0.457 e. The molecule has 7 heteroatoms. The number of hydrogen-bond acceptors (Lipinski definition) is 5. The third kappa shape index (κ3) is 3.03. The summed E-state index contributed by atoms with van der Waals surface area (Å²) in [6.45, 7) is 2.38. The fourth-order valence-electron chi connectivity index (χ4n) is 5.20. The molecule has 1 aliphatic heterocycles. The smallest absolute Gasteiger partial charge is 0.299 e. The van der Waals surface area contributed by atoms with E-state index >= 15 is 0 Å². The minimum atomic E-state index is -0.438. The molecule has 1 saturated heterocycles. The molecule has 168 valence electrons. The van der Waals surface area contributed by atoms with Gasteiger partial charge in [-0.3, -0.25) is 9.20 Å². The number of nitrogens with two attached hydrogens (primary N) is 1. The van der Waals surface area contributed by atoms with E-state index in [1.165, 1.54) is 0 Å². The monoisotopic (exact) mass is 449 g/mol. The zero-order valence-electron chi connectivity index (χ0n) is 18.7. The van der Waals surface area contributed by atoms with Gasteiger partial charge in [-0.25, -0.2) is 9.97 Å². The van der Waals surface area contributed by atoms with Crippen molar-refractivity contribution in [1.29, 1.82) is 0 Å². The second-order valence-corrected chi connectivity index (χ2v) is 8.70. The molecule has 2 unspecified atom stereocenters. The normalized spacial score (nSPS) is 20.5. The van der Waals surface area contributed by atoms with Gasteiger partial charge in [0, 0.05) is 24.5 Å². The van der Waals surface area contributed by atoms with Crippen LogP contribution in [-0.4, -0.2) is 31.7 Å². The number of nitrogen functional groups attached to an aromatic ring is 1. The molecule has 6 rings (SSSR count). The first kappa shape index (κ1) is 20.3. The van der Waals surface area contributed by atoms with Crippen molar-refractivity contribution in [1.82, 2.24) is 19.3 Å². The summed E-state index contributed by atoms with van der Waals surface area (Å²) in [5, 5.41) is 0. The van der Waals surface area contributed by atoms with Crippen molar-refractivity contribution < 1.29 is 9.53 Å². The molecule has 34 heavy (non-hydrogen) atoms. The molecule has 0 radical (unpaired) electrons. The van der Waals surface area contributed by atoms with Crippen LogP contribution in [0.5, 0.6) is 11.5 Å². The zero-order chi connectivity index (χ0) is 23.3. The third-order valence-corrected chi connectivity index (χ3v) is 6.81. The van der Waals surface area contributed by atoms with Gasteiger partial charge in [-0.15, -0.1) is 0 Å². The number of imidazole rings is 1. The molecule has 2 aromatic carbocycles. The van der Waals surface area contributed by atoms with Crippen molar-refractivity contribution >= 4 is 17.2 Å². The second kappa shape index (κ2) is 7.63. The molecular weight excluding hydrogens is 426 g/mol. The quantitative estimate of drug-likeness (QED) is 0.471. The van der Waals surface area contributed by atoms with Crippen LogP contribution in [0.2, 0.25) is 0 Å². The van der Waals surface area contributed by atoms with E-state index in [0.29, 0.717) is 18.3 Å². The number of piperidine rings is 1. The van der Waals surface area contributed by atoms with Crippen molar-refractivity contribution in [2.24, 2.45) is 5.92 Å². The maximum Gasteiger partial charge on any atom is 0.299 e. The van der Waals surface area contributed by atoms with Gasteiger partial charge in [0.2, 0.25) is 0 Å². The van der Waals surface area contributed by atoms with E-state index in [9.17, 15) is 4.79 Å². The molecule has 7 nitrogen and oxygen atoms in total. The fourth-order valence-corrected chi connectivity index (χ4v) is 5.20. The molecule has 2 aliphatic rings. The van der Waals surface area contributed by atoms with Gasteiger partial charge in [0.25, 0.3) is 5.91 Å². The number of benzene rings is 2. The summed E-state index contributed by atoms with van der Waals surface area (Å²) in [5.74, 6) is 8.42. The Balaban J connectivity index is 1.43. The lowest BCUT2D eigenvalue weighted by molar-refractivity contribution is -0.127. The molecular formula is C27H23N5O2. The number of carbonyl (C=O) groups is 1. The maximum atomic E-state index is 12.8. The van der Waals surface area contributed by atoms with Crippen molar-refractivity contribution in [3.05, 3.63) is 72.8 Å². The van der Waals surface area contributed by atoms with Crippen molar-refractivity contribution in [3.8, 4) is 34.6 Å². The van der Waals surface area contributed by atoms with E-state index in [4.69, 9.17) is 15.5 Å². The molecule has 2 aromatic heterocycles. The van der Waals surface area contributed by atoms with Crippen LogP contribution in [0, 0.1) is 17.8 Å². The number of carbonyl (C=O) groups excluding carboxylic acids is 1. The molecule has 4 aromatic rings. The first-order valence-corrected chi connectivity index (χ1v) is 11.3. The molecule has 0 bridgehead atoms. The van der Waals surface area contributed by atoms with Crippen LogP contribution in [0.25, 0.3) is 16.8 Å². The summed E-state index contributed by atoms with van der Waals surface area (Å²) >= 11 is 0. The Morgan fingerprint density at radius 3 is 2.65 bits per heavy atom. The molecule has 2 fully saturated rings. The van der Waals surface area contributed by atoms with Gasteiger partial charge in [-0.1, -0.05) is 24.1 Å². The van der Waals surface area contributed by atoms with Crippen LogP contribution < -0.4 is 10.5 Å². The number of anilines is 1. The van der Waals surface area contributed by atoms with E-state index < -0.39 is 5.54 Å². The minimum absolute atomic E-state index is 0.148. The summed E-state index contributed by atoms with van der Waals surface area (Å²) in [4.78, 5) is 24.1. The van der Waals surface area contributed by atoms with E-state index in [-0.39, 0.29) is 5.91 Å². The molecule has 2 N–H and O–H groups in total. The topological polar surface area (TPSA) is 85.8 Å². The summed E-state index contributed by atoms with van der Waals surface area (Å²) in [5.41, 5.74) is 8.29. The number of amides is 1. The van der Waals surface area contributed by atoms with E-state index in [2.05, 4.69) is 16.8 Å². The Kier molecular flexibility index (Phi) is 4.56. The Morgan fingerprint density at radius 1 is 1.15 bits per heavy atom. The van der Waals surface area contributed by atoms with Crippen molar-refractivity contribution in [2.75, 3.05) is 12.3 Å². The van der Waals surface area contributed by atoms with Gasteiger partial charge in [0.15, 0.2) is 0 Å². The molecule has 1 amide bonds. The van der Waals surface area contributed by atoms with Gasteiger partial charge in [0.1, 0.15) is 39.9 Å².